The van der Waals surface area contributed by atoms with E-state index in [2.05, 4.69) is 17.1 Å². The van der Waals surface area contributed by atoms with E-state index in [4.69, 9.17) is 4.74 Å². The highest BCUT2D eigenvalue weighted by molar-refractivity contribution is 5.79. The van der Waals surface area contributed by atoms with E-state index in [0.29, 0.717) is 24.0 Å². The first-order valence-corrected chi connectivity index (χ1v) is 6.87. The molecule has 2 bridgehead atoms. The number of hydrogen-bond donors (Lipinski definition) is 1. The van der Waals surface area contributed by atoms with Crippen molar-refractivity contribution in [3.05, 3.63) is 0 Å². The first-order chi connectivity index (χ1) is 8.22. The summed E-state index contributed by atoms with van der Waals surface area (Å²) in [6.07, 6.45) is 3.93. The molecule has 0 spiro atoms. The zero-order valence-electron chi connectivity index (χ0n) is 10.5. The van der Waals surface area contributed by atoms with E-state index in [9.17, 15) is 4.79 Å². The summed E-state index contributed by atoms with van der Waals surface area (Å²) < 4.78 is 5.78. The van der Waals surface area contributed by atoms with Crippen LogP contribution >= 0.6 is 0 Å². The Morgan fingerprint density at radius 3 is 2.59 bits per heavy atom. The molecule has 1 amide bonds. The van der Waals surface area contributed by atoms with Gasteiger partial charge in [-0.1, -0.05) is 6.92 Å². The van der Waals surface area contributed by atoms with Gasteiger partial charge in [0.2, 0.25) is 5.91 Å². The molecule has 96 valence electrons. The van der Waals surface area contributed by atoms with Crippen molar-refractivity contribution >= 4 is 5.91 Å². The maximum Gasteiger partial charge on any atom is 0.227 e. The van der Waals surface area contributed by atoms with Gasteiger partial charge in [0.15, 0.2) is 0 Å². The SMILES string of the molecule is CC1CNCC(C(=O)N2CC3CCC(C2)O3)C1. The van der Waals surface area contributed by atoms with Crippen molar-refractivity contribution in [3.8, 4) is 0 Å². The molecule has 1 N–H and O–H groups in total. The molecule has 3 heterocycles. The molecule has 3 rings (SSSR count). The normalized spacial score (nSPS) is 41.6. The Morgan fingerprint density at radius 2 is 1.94 bits per heavy atom. The second kappa shape index (κ2) is 4.58. The van der Waals surface area contributed by atoms with Crippen LogP contribution in [0.15, 0.2) is 0 Å². The van der Waals surface area contributed by atoms with Gasteiger partial charge in [-0.15, -0.1) is 0 Å². The van der Waals surface area contributed by atoms with Crippen LogP contribution in [0.4, 0.5) is 0 Å². The number of carbonyl (C=O) groups is 1. The van der Waals surface area contributed by atoms with Gasteiger partial charge in [0, 0.05) is 19.6 Å². The van der Waals surface area contributed by atoms with Gasteiger partial charge in [-0.25, -0.2) is 0 Å². The molecule has 17 heavy (non-hydrogen) atoms. The van der Waals surface area contributed by atoms with Crippen molar-refractivity contribution in [2.24, 2.45) is 11.8 Å². The number of hydrogen-bond acceptors (Lipinski definition) is 3. The molecule has 4 unspecified atom stereocenters. The van der Waals surface area contributed by atoms with Gasteiger partial charge in [0.25, 0.3) is 0 Å². The third kappa shape index (κ3) is 2.33. The van der Waals surface area contributed by atoms with Crippen LogP contribution in [0.5, 0.6) is 0 Å². The van der Waals surface area contributed by atoms with Crippen molar-refractivity contribution in [1.82, 2.24) is 10.2 Å². The van der Waals surface area contributed by atoms with Crippen LogP contribution < -0.4 is 5.32 Å². The van der Waals surface area contributed by atoms with E-state index in [1.807, 2.05) is 0 Å². The lowest BCUT2D eigenvalue weighted by atomic mass is 9.90. The van der Waals surface area contributed by atoms with E-state index in [-0.39, 0.29) is 5.92 Å². The van der Waals surface area contributed by atoms with Gasteiger partial charge >= 0.3 is 0 Å². The fourth-order valence-electron chi connectivity index (χ4n) is 3.40. The summed E-state index contributed by atoms with van der Waals surface area (Å²) in [5.41, 5.74) is 0. The Balaban J connectivity index is 1.61. The molecule has 0 aromatic carbocycles. The summed E-state index contributed by atoms with van der Waals surface area (Å²) in [4.78, 5) is 14.5. The number of ether oxygens (including phenoxy) is 1. The highest BCUT2D eigenvalue weighted by Gasteiger charge is 2.38. The van der Waals surface area contributed by atoms with Crippen LogP contribution in [0.3, 0.4) is 0 Å². The summed E-state index contributed by atoms with van der Waals surface area (Å²) in [7, 11) is 0. The zero-order valence-corrected chi connectivity index (χ0v) is 10.5. The number of nitrogens with zero attached hydrogens (tertiary/aromatic N) is 1. The topological polar surface area (TPSA) is 41.6 Å². The molecular formula is C13H22N2O2. The molecule has 0 aromatic rings. The first-order valence-electron chi connectivity index (χ1n) is 6.87. The molecule has 3 aliphatic rings. The summed E-state index contributed by atoms with van der Waals surface area (Å²) in [6.45, 7) is 5.77. The van der Waals surface area contributed by atoms with Crippen molar-refractivity contribution in [2.75, 3.05) is 26.2 Å². The summed E-state index contributed by atoms with van der Waals surface area (Å²) in [5, 5.41) is 3.36. The van der Waals surface area contributed by atoms with Crippen LogP contribution in [0.25, 0.3) is 0 Å². The second-order valence-electron chi connectivity index (χ2n) is 5.90. The monoisotopic (exact) mass is 238 g/mol. The minimum Gasteiger partial charge on any atom is -0.371 e. The third-order valence-corrected chi connectivity index (χ3v) is 4.27. The summed E-state index contributed by atoms with van der Waals surface area (Å²) in [6, 6.07) is 0. The van der Waals surface area contributed by atoms with Crippen molar-refractivity contribution in [3.63, 3.8) is 0 Å². The van der Waals surface area contributed by atoms with E-state index in [0.717, 1.165) is 45.4 Å². The predicted molar refractivity (Wildman–Crippen MR) is 64.6 cm³/mol. The van der Waals surface area contributed by atoms with Crippen LogP contribution in [-0.4, -0.2) is 49.2 Å². The van der Waals surface area contributed by atoms with E-state index < -0.39 is 0 Å². The standard InChI is InChI=1S/C13H22N2O2/c1-9-4-10(6-14-5-9)13(16)15-7-11-2-3-12(8-15)17-11/h9-12,14H,2-8H2,1H3. The number of fused-ring (bicyclic) bond motifs is 2. The van der Waals surface area contributed by atoms with Crippen LogP contribution in [0.2, 0.25) is 0 Å². The van der Waals surface area contributed by atoms with Gasteiger partial charge in [0.05, 0.1) is 18.1 Å². The summed E-state index contributed by atoms with van der Waals surface area (Å²) in [5.74, 6) is 1.16. The van der Waals surface area contributed by atoms with Gasteiger partial charge < -0.3 is 15.0 Å². The first kappa shape index (κ1) is 11.5. The fourth-order valence-corrected chi connectivity index (χ4v) is 3.40. The smallest absolute Gasteiger partial charge is 0.227 e. The fraction of sp³-hybridized carbons (Fsp3) is 0.923. The van der Waals surface area contributed by atoms with Crippen LogP contribution in [0.1, 0.15) is 26.2 Å². The molecule has 0 radical (unpaired) electrons. The Kier molecular flexibility index (Phi) is 3.09. The van der Waals surface area contributed by atoms with Crippen molar-refractivity contribution in [2.45, 2.75) is 38.4 Å². The lowest BCUT2D eigenvalue weighted by Crippen LogP contribution is -2.51. The lowest BCUT2D eigenvalue weighted by molar-refractivity contribution is -0.145. The zero-order chi connectivity index (χ0) is 11.8. The number of carbonyl (C=O) groups excluding carboxylic acids is 1. The number of morpholine rings is 1. The average molecular weight is 238 g/mol. The Hall–Kier alpha value is -0.610. The lowest BCUT2D eigenvalue weighted by Gasteiger charge is -2.36. The molecule has 3 saturated heterocycles. The quantitative estimate of drug-likeness (QED) is 0.728. The Labute approximate surface area is 103 Å². The molecule has 0 saturated carbocycles. The molecule has 4 nitrogen and oxygen atoms in total. The van der Waals surface area contributed by atoms with Gasteiger partial charge in [-0.2, -0.15) is 0 Å². The summed E-state index contributed by atoms with van der Waals surface area (Å²) >= 11 is 0. The third-order valence-electron chi connectivity index (χ3n) is 4.27. The van der Waals surface area contributed by atoms with Gasteiger partial charge in [-0.3, -0.25) is 4.79 Å². The molecular weight excluding hydrogens is 216 g/mol. The van der Waals surface area contributed by atoms with E-state index in [1.165, 1.54) is 0 Å². The minimum absolute atomic E-state index is 0.191. The molecule has 0 aliphatic carbocycles. The highest BCUT2D eigenvalue weighted by atomic mass is 16.5. The molecule has 0 aromatic heterocycles. The molecule has 4 atom stereocenters. The Morgan fingerprint density at radius 1 is 1.24 bits per heavy atom. The maximum absolute atomic E-state index is 12.4. The molecule has 3 aliphatic heterocycles. The van der Waals surface area contributed by atoms with Gasteiger partial charge in [0.1, 0.15) is 0 Å². The average Bonchev–Trinajstić information content (AvgIpc) is 2.67. The molecule has 3 fully saturated rings. The largest absolute Gasteiger partial charge is 0.371 e. The van der Waals surface area contributed by atoms with Crippen molar-refractivity contribution in [1.29, 1.82) is 0 Å². The van der Waals surface area contributed by atoms with Crippen LogP contribution in [0, 0.1) is 11.8 Å². The van der Waals surface area contributed by atoms with Crippen molar-refractivity contribution < 1.29 is 9.53 Å². The van der Waals surface area contributed by atoms with E-state index >= 15 is 0 Å². The predicted octanol–water partition coefficient (Wildman–Crippen LogP) is 0.622. The number of likely N-dealkylation sites (tertiary alicyclic amines) is 1. The second-order valence-corrected chi connectivity index (χ2v) is 5.90. The number of rotatable bonds is 1. The molecule has 4 heteroatoms. The number of amides is 1. The Bertz CT molecular complexity index is 296. The minimum atomic E-state index is 0.191. The van der Waals surface area contributed by atoms with Crippen LogP contribution in [-0.2, 0) is 9.53 Å². The highest BCUT2D eigenvalue weighted by Crippen LogP contribution is 2.28. The van der Waals surface area contributed by atoms with Gasteiger partial charge in [-0.05, 0) is 31.7 Å². The van der Waals surface area contributed by atoms with E-state index in [1.54, 1.807) is 0 Å². The maximum atomic E-state index is 12.4. The number of nitrogens with one attached hydrogen (secondary N) is 1. The number of piperidine rings is 1.